The molecule has 2 heterocycles. The zero-order chi connectivity index (χ0) is 22.0. The van der Waals surface area contributed by atoms with Gasteiger partial charge in [-0.3, -0.25) is 10.1 Å². The predicted octanol–water partition coefficient (Wildman–Crippen LogP) is 5.80. The van der Waals surface area contributed by atoms with Crippen molar-refractivity contribution >= 4 is 68.9 Å². The van der Waals surface area contributed by atoms with Gasteiger partial charge in [0.1, 0.15) is 11.0 Å². The summed E-state index contributed by atoms with van der Waals surface area (Å²) in [6.07, 6.45) is 1.26. The molecular formula is C20H16Cl3N5O2S. The van der Waals surface area contributed by atoms with Crippen molar-refractivity contribution in [2.24, 2.45) is 0 Å². The van der Waals surface area contributed by atoms with Crippen molar-refractivity contribution in [2.45, 2.75) is 18.9 Å². The summed E-state index contributed by atoms with van der Waals surface area (Å²) in [4.78, 5) is 27.1. The highest BCUT2D eigenvalue weighted by Gasteiger charge is 2.35. The first-order chi connectivity index (χ1) is 14.9. The molecule has 11 heteroatoms. The lowest BCUT2D eigenvalue weighted by Gasteiger charge is -2.24. The van der Waals surface area contributed by atoms with Crippen LogP contribution >= 0.6 is 46.1 Å². The smallest absolute Gasteiger partial charge is 0.312 e. The zero-order valence-corrected chi connectivity index (χ0v) is 19.0. The SMILES string of the molecule is O=C(Nc1nnc(-c2ccc(Cl)cc2)s1)[C@H]1CCCN1C(=O)Nc1cccc(Cl)c1Cl. The first-order valence-corrected chi connectivity index (χ1v) is 11.3. The van der Waals surface area contributed by atoms with E-state index < -0.39 is 12.1 Å². The molecule has 2 N–H and O–H groups in total. The number of likely N-dealkylation sites (tertiary alicyclic amines) is 1. The third-order valence-corrected chi connectivity index (χ3v) is 6.71. The van der Waals surface area contributed by atoms with Gasteiger partial charge in [-0.05, 0) is 37.1 Å². The molecule has 7 nitrogen and oxygen atoms in total. The molecule has 4 rings (SSSR count). The summed E-state index contributed by atoms with van der Waals surface area (Å²) in [6, 6.07) is 11.1. The second-order valence-corrected chi connectivity index (χ2v) is 8.99. The van der Waals surface area contributed by atoms with E-state index >= 15 is 0 Å². The summed E-state index contributed by atoms with van der Waals surface area (Å²) in [5.74, 6) is -0.316. The number of nitrogens with zero attached hydrogens (tertiary/aromatic N) is 3. The topological polar surface area (TPSA) is 87.2 Å². The van der Waals surface area contributed by atoms with Crippen LogP contribution in [0.4, 0.5) is 15.6 Å². The number of carbonyl (C=O) groups is 2. The van der Waals surface area contributed by atoms with Crippen LogP contribution in [0.5, 0.6) is 0 Å². The molecule has 0 saturated carbocycles. The van der Waals surface area contributed by atoms with Crippen molar-refractivity contribution < 1.29 is 9.59 Å². The van der Waals surface area contributed by atoms with Crippen LogP contribution in [-0.4, -0.2) is 39.6 Å². The van der Waals surface area contributed by atoms with Gasteiger partial charge >= 0.3 is 6.03 Å². The first-order valence-electron chi connectivity index (χ1n) is 9.34. The van der Waals surface area contributed by atoms with Crippen LogP contribution in [0.25, 0.3) is 10.6 Å². The Balaban J connectivity index is 1.43. The highest BCUT2D eigenvalue weighted by Crippen LogP contribution is 2.31. The normalized spacial score (nSPS) is 15.7. The van der Waals surface area contributed by atoms with E-state index in [0.29, 0.717) is 45.3 Å². The summed E-state index contributed by atoms with van der Waals surface area (Å²) in [7, 11) is 0. The Morgan fingerprint density at radius 1 is 1.03 bits per heavy atom. The van der Waals surface area contributed by atoms with Crippen LogP contribution in [0.15, 0.2) is 42.5 Å². The van der Waals surface area contributed by atoms with E-state index in [9.17, 15) is 9.59 Å². The number of rotatable bonds is 4. The number of hydrogen-bond acceptors (Lipinski definition) is 5. The second-order valence-electron chi connectivity index (χ2n) is 6.79. The minimum absolute atomic E-state index is 0.251. The molecule has 1 saturated heterocycles. The van der Waals surface area contributed by atoms with Crippen molar-refractivity contribution in [3.8, 4) is 10.6 Å². The Bertz CT molecular complexity index is 1120. The Kier molecular flexibility index (Phi) is 6.62. The fraction of sp³-hybridized carbons (Fsp3) is 0.200. The van der Waals surface area contributed by atoms with Gasteiger partial charge in [0, 0.05) is 17.1 Å². The molecule has 160 valence electrons. The maximum absolute atomic E-state index is 12.8. The van der Waals surface area contributed by atoms with E-state index in [2.05, 4.69) is 20.8 Å². The first kappa shape index (κ1) is 21.8. The van der Waals surface area contributed by atoms with Gasteiger partial charge in [-0.15, -0.1) is 10.2 Å². The number of aromatic nitrogens is 2. The molecule has 2 aromatic carbocycles. The minimum Gasteiger partial charge on any atom is -0.312 e. The average molecular weight is 497 g/mol. The van der Waals surface area contributed by atoms with Gasteiger partial charge in [0.05, 0.1) is 15.7 Å². The quantitative estimate of drug-likeness (QED) is 0.478. The van der Waals surface area contributed by atoms with E-state index in [1.807, 2.05) is 12.1 Å². The highest BCUT2D eigenvalue weighted by molar-refractivity contribution is 7.18. The fourth-order valence-electron chi connectivity index (χ4n) is 3.24. The molecule has 1 aromatic heterocycles. The molecule has 0 bridgehead atoms. The van der Waals surface area contributed by atoms with Gasteiger partial charge in [0.2, 0.25) is 11.0 Å². The van der Waals surface area contributed by atoms with Crippen LogP contribution in [-0.2, 0) is 4.79 Å². The Morgan fingerprint density at radius 3 is 2.58 bits per heavy atom. The Hall–Kier alpha value is -2.39. The molecule has 3 amide bonds. The number of hydrogen-bond donors (Lipinski definition) is 2. The van der Waals surface area contributed by atoms with E-state index in [0.717, 1.165) is 5.56 Å². The molecule has 0 spiro atoms. The van der Waals surface area contributed by atoms with Gasteiger partial charge in [0.15, 0.2) is 0 Å². The lowest BCUT2D eigenvalue weighted by molar-refractivity contribution is -0.119. The van der Waals surface area contributed by atoms with E-state index in [1.165, 1.54) is 16.2 Å². The molecule has 3 aromatic rings. The number of carbonyl (C=O) groups excluding carboxylic acids is 2. The molecule has 31 heavy (non-hydrogen) atoms. The van der Waals surface area contributed by atoms with Gasteiger partial charge in [-0.2, -0.15) is 0 Å². The Morgan fingerprint density at radius 2 is 1.81 bits per heavy atom. The molecule has 1 atom stereocenters. The van der Waals surface area contributed by atoms with E-state index in [-0.39, 0.29) is 10.9 Å². The van der Waals surface area contributed by atoms with Crippen LogP contribution in [0.1, 0.15) is 12.8 Å². The molecular weight excluding hydrogens is 481 g/mol. The van der Waals surface area contributed by atoms with Crippen LogP contribution in [0.3, 0.4) is 0 Å². The van der Waals surface area contributed by atoms with E-state index in [1.54, 1.807) is 30.3 Å². The number of anilines is 2. The third kappa shape index (κ3) is 4.93. The molecule has 0 aliphatic carbocycles. The monoisotopic (exact) mass is 495 g/mol. The van der Waals surface area contributed by atoms with Crippen LogP contribution < -0.4 is 10.6 Å². The maximum Gasteiger partial charge on any atom is 0.322 e. The van der Waals surface area contributed by atoms with Crippen molar-refractivity contribution in [3.05, 3.63) is 57.5 Å². The summed E-state index contributed by atoms with van der Waals surface area (Å²) < 4.78 is 0. The lowest BCUT2D eigenvalue weighted by Crippen LogP contribution is -2.45. The van der Waals surface area contributed by atoms with Crippen LogP contribution in [0.2, 0.25) is 15.1 Å². The van der Waals surface area contributed by atoms with Crippen LogP contribution in [0, 0.1) is 0 Å². The van der Waals surface area contributed by atoms with Crippen molar-refractivity contribution in [1.82, 2.24) is 15.1 Å². The van der Waals surface area contributed by atoms with Gasteiger partial charge in [-0.25, -0.2) is 4.79 Å². The van der Waals surface area contributed by atoms with Crippen molar-refractivity contribution in [2.75, 3.05) is 17.2 Å². The number of urea groups is 1. The molecule has 1 aliphatic rings. The van der Waals surface area contributed by atoms with Gasteiger partial charge in [-0.1, -0.05) is 64.3 Å². The zero-order valence-electron chi connectivity index (χ0n) is 15.9. The average Bonchev–Trinajstić information content (AvgIpc) is 3.42. The molecule has 0 unspecified atom stereocenters. The van der Waals surface area contributed by atoms with Gasteiger partial charge < -0.3 is 10.2 Å². The lowest BCUT2D eigenvalue weighted by atomic mass is 10.2. The summed E-state index contributed by atoms with van der Waals surface area (Å²) >= 11 is 19.3. The third-order valence-electron chi connectivity index (χ3n) is 4.76. The predicted molar refractivity (Wildman–Crippen MR) is 124 cm³/mol. The summed E-state index contributed by atoms with van der Waals surface area (Å²) in [6.45, 7) is 0.453. The summed E-state index contributed by atoms with van der Waals surface area (Å²) in [5, 5.41) is 15.9. The van der Waals surface area contributed by atoms with Gasteiger partial charge in [0.25, 0.3) is 0 Å². The fourth-order valence-corrected chi connectivity index (χ4v) is 4.47. The molecule has 1 aliphatic heterocycles. The number of nitrogens with one attached hydrogen (secondary N) is 2. The second kappa shape index (κ2) is 9.40. The molecule has 1 fully saturated rings. The largest absolute Gasteiger partial charge is 0.322 e. The number of amides is 3. The minimum atomic E-state index is -0.624. The Labute approximate surface area is 197 Å². The highest BCUT2D eigenvalue weighted by atomic mass is 35.5. The number of halogens is 3. The maximum atomic E-state index is 12.8. The van der Waals surface area contributed by atoms with E-state index in [4.69, 9.17) is 34.8 Å². The van der Waals surface area contributed by atoms with Crippen molar-refractivity contribution in [3.63, 3.8) is 0 Å². The number of benzene rings is 2. The van der Waals surface area contributed by atoms with Crippen molar-refractivity contribution in [1.29, 1.82) is 0 Å². The standard InChI is InChI=1S/C20H16Cl3N5O2S/c21-12-8-6-11(7-9-12)18-26-27-19(31-18)25-17(29)15-5-2-10-28(15)20(30)24-14-4-1-3-13(22)16(14)23/h1,3-4,6-9,15H,2,5,10H2,(H,24,30)(H,25,27,29)/t15-/m1/s1. The summed E-state index contributed by atoms with van der Waals surface area (Å²) in [5.41, 5.74) is 1.24. The molecule has 0 radical (unpaired) electrons.